The van der Waals surface area contributed by atoms with Crippen molar-refractivity contribution in [3.8, 4) is 0 Å². The van der Waals surface area contributed by atoms with Crippen molar-refractivity contribution in [1.82, 2.24) is 0 Å². The van der Waals surface area contributed by atoms with Crippen LogP contribution in [0.2, 0.25) is 0 Å². The van der Waals surface area contributed by atoms with Crippen LogP contribution in [0.3, 0.4) is 0 Å². The largest absolute Gasteiger partial charge is 0.465 e. The van der Waals surface area contributed by atoms with Crippen LogP contribution in [-0.2, 0) is 14.8 Å². The molecule has 0 aliphatic rings. The van der Waals surface area contributed by atoms with Gasteiger partial charge in [-0.2, -0.15) is 0 Å². The number of rotatable bonds is 4. The second kappa shape index (κ2) is 6.54. The fraction of sp³-hybridized carbons (Fsp3) is 0.0625. The lowest BCUT2D eigenvalue weighted by atomic mass is 10.2. The molecular formula is C16H12BrNO4S2. The van der Waals surface area contributed by atoms with Crippen LogP contribution in [0.25, 0.3) is 10.1 Å². The Morgan fingerprint density at radius 3 is 2.50 bits per heavy atom. The lowest BCUT2D eigenvalue weighted by molar-refractivity contribution is 0.0606. The van der Waals surface area contributed by atoms with Gasteiger partial charge >= 0.3 is 5.97 Å². The van der Waals surface area contributed by atoms with Gasteiger partial charge in [0.25, 0.3) is 10.0 Å². The summed E-state index contributed by atoms with van der Waals surface area (Å²) in [6, 6.07) is 13.2. The highest BCUT2D eigenvalue weighted by Crippen LogP contribution is 2.29. The molecule has 24 heavy (non-hydrogen) atoms. The molecule has 0 fully saturated rings. The summed E-state index contributed by atoms with van der Waals surface area (Å²) < 4.78 is 33.7. The van der Waals surface area contributed by atoms with Crippen molar-refractivity contribution in [3.63, 3.8) is 0 Å². The molecule has 0 bridgehead atoms. The molecule has 0 saturated heterocycles. The topological polar surface area (TPSA) is 72.5 Å². The average molecular weight is 426 g/mol. The summed E-state index contributed by atoms with van der Waals surface area (Å²) in [5.41, 5.74) is 0.430. The zero-order valence-electron chi connectivity index (χ0n) is 12.4. The van der Waals surface area contributed by atoms with E-state index in [0.29, 0.717) is 10.6 Å². The lowest BCUT2D eigenvalue weighted by Gasteiger charge is -2.08. The molecule has 3 rings (SSSR count). The number of fused-ring (bicyclic) bond motifs is 1. The Morgan fingerprint density at radius 2 is 1.83 bits per heavy atom. The first-order valence-corrected chi connectivity index (χ1v) is 9.88. The molecule has 0 unspecified atom stereocenters. The summed E-state index contributed by atoms with van der Waals surface area (Å²) in [6.45, 7) is 0. The number of esters is 1. The minimum absolute atomic E-state index is 0.173. The van der Waals surface area contributed by atoms with Crippen molar-refractivity contribution in [1.29, 1.82) is 0 Å². The van der Waals surface area contributed by atoms with Crippen LogP contribution in [0.1, 0.15) is 9.67 Å². The van der Waals surface area contributed by atoms with Crippen molar-refractivity contribution in [3.05, 3.63) is 57.9 Å². The lowest BCUT2D eigenvalue weighted by Crippen LogP contribution is -2.12. The Morgan fingerprint density at radius 1 is 1.12 bits per heavy atom. The number of thiophene rings is 1. The molecule has 0 aliphatic carbocycles. The molecule has 8 heteroatoms. The van der Waals surface area contributed by atoms with E-state index in [1.54, 1.807) is 36.4 Å². The zero-order valence-corrected chi connectivity index (χ0v) is 15.7. The fourth-order valence-corrected chi connectivity index (χ4v) is 4.41. The maximum absolute atomic E-state index is 12.4. The molecule has 0 atom stereocenters. The van der Waals surface area contributed by atoms with E-state index in [9.17, 15) is 13.2 Å². The quantitative estimate of drug-likeness (QED) is 0.634. The van der Waals surface area contributed by atoms with Gasteiger partial charge < -0.3 is 4.74 Å². The molecule has 124 valence electrons. The van der Waals surface area contributed by atoms with E-state index in [1.165, 1.54) is 30.6 Å². The highest BCUT2D eigenvalue weighted by molar-refractivity contribution is 9.10. The number of benzene rings is 2. The smallest absolute Gasteiger partial charge is 0.348 e. The van der Waals surface area contributed by atoms with Gasteiger partial charge in [-0.15, -0.1) is 11.3 Å². The van der Waals surface area contributed by atoms with Crippen LogP contribution < -0.4 is 4.72 Å². The van der Waals surface area contributed by atoms with Crippen molar-refractivity contribution in [2.45, 2.75) is 4.90 Å². The SMILES string of the molecule is COC(=O)c1cc2cc(NS(=O)(=O)c3ccc(Br)cc3)ccc2s1. The maximum atomic E-state index is 12.4. The van der Waals surface area contributed by atoms with Crippen LogP contribution in [-0.4, -0.2) is 21.5 Å². The van der Waals surface area contributed by atoms with Gasteiger partial charge in [0.15, 0.2) is 0 Å². The first kappa shape index (κ1) is 16.9. The van der Waals surface area contributed by atoms with Gasteiger partial charge in [0, 0.05) is 14.9 Å². The third-order valence-corrected chi connectivity index (χ3v) is 6.30. The number of methoxy groups -OCH3 is 1. The number of ether oxygens (including phenoxy) is 1. The second-order valence-corrected chi connectivity index (χ2v) is 8.60. The van der Waals surface area contributed by atoms with Crippen molar-refractivity contribution >= 4 is 59.0 Å². The highest BCUT2D eigenvalue weighted by atomic mass is 79.9. The molecule has 0 spiro atoms. The van der Waals surface area contributed by atoms with E-state index in [1.807, 2.05) is 0 Å². The summed E-state index contributed by atoms with van der Waals surface area (Å²) >= 11 is 4.57. The second-order valence-electron chi connectivity index (χ2n) is 4.91. The van der Waals surface area contributed by atoms with Gasteiger partial charge in [0.2, 0.25) is 0 Å². The van der Waals surface area contributed by atoms with Gasteiger partial charge in [-0.05, 0) is 53.9 Å². The Kier molecular flexibility index (Phi) is 4.62. The number of carbonyl (C=O) groups excluding carboxylic acids is 1. The fourth-order valence-electron chi connectivity index (χ4n) is 2.14. The zero-order chi connectivity index (χ0) is 17.3. The van der Waals surface area contributed by atoms with E-state index < -0.39 is 16.0 Å². The third kappa shape index (κ3) is 3.45. The predicted molar refractivity (Wildman–Crippen MR) is 98.1 cm³/mol. The molecule has 2 aromatic carbocycles. The van der Waals surface area contributed by atoms with Crippen LogP contribution in [0.4, 0.5) is 5.69 Å². The molecule has 5 nitrogen and oxygen atoms in total. The molecule has 0 radical (unpaired) electrons. The summed E-state index contributed by atoms with van der Waals surface area (Å²) in [4.78, 5) is 12.2. The molecule has 0 saturated carbocycles. The van der Waals surface area contributed by atoms with Crippen molar-refractivity contribution < 1.29 is 17.9 Å². The molecule has 0 aliphatic heterocycles. The Hall–Kier alpha value is -1.90. The minimum atomic E-state index is -3.67. The van der Waals surface area contributed by atoms with Gasteiger partial charge in [-0.25, -0.2) is 13.2 Å². The number of anilines is 1. The van der Waals surface area contributed by atoms with E-state index in [-0.39, 0.29) is 4.90 Å². The summed E-state index contributed by atoms with van der Waals surface area (Å²) in [6.07, 6.45) is 0. The van der Waals surface area contributed by atoms with E-state index in [0.717, 1.165) is 14.6 Å². The van der Waals surface area contributed by atoms with Crippen molar-refractivity contribution in [2.75, 3.05) is 11.8 Å². The van der Waals surface area contributed by atoms with E-state index in [4.69, 9.17) is 4.74 Å². The van der Waals surface area contributed by atoms with E-state index in [2.05, 4.69) is 20.7 Å². The summed E-state index contributed by atoms with van der Waals surface area (Å²) in [5.74, 6) is -0.409. The predicted octanol–water partition coefficient (Wildman–Crippen LogP) is 4.25. The molecule has 0 amide bonds. The number of halogens is 1. The summed E-state index contributed by atoms with van der Waals surface area (Å²) in [5, 5.41) is 0.774. The van der Waals surface area contributed by atoms with Gasteiger partial charge in [0.05, 0.1) is 12.0 Å². The van der Waals surface area contributed by atoms with Crippen LogP contribution >= 0.6 is 27.3 Å². The number of sulfonamides is 1. The Bertz CT molecular complexity index is 1010. The van der Waals surface area contributed by atoms with Crippen LogP contribution in [0, 0.1) is 0 Å². The average Bonchev–Trinajstić information content (AvgIpc) is 2.97. The number of carbonyl (C=O) groups is 1. The third-order valence-electron chi connectivity index (χ3n) is 3.28. The van der Waals surface area contributed by atoms with Gasteiger partial charge in [-0.3, -0.25) is 4.72 Å². The normalized spacial score (nSPS) is 11.4. The highest BCUT2D eigenvalue weighted by Gasteiger charge is 2.15. The van der Waals surface area contributed by atoms with Gasteiger partial charge in [-0.1, -0.05) is 15.9 Å². The maximum Gasteiger partial charge on any atom is 0.348 e. The number of hydrogen-bond acceptors (Lipinski definition) is 5. The minimum Gasteiger partial charge on any atom is -0.465 e. The number of hydrogen-bond donors (Lipinski definition) is 1. The standard InChI is InChI=1S/C16H12BrNO4S2/c1-22-16(19)15-9-10-8-12(4-7-14(10)23-15)18-24(20,21)13-5-2-11(17)3-6-13/h2-9,18H,1H3. The number of nitrogens with one attached hydrogen (secondary N) is 1. The molecular weight excluding hydrogens is 414 g/mol. The Labute approximate surface area is 151 Å². The molecule has 1 aromatic heterocycles. The molecule has 3 aromatic rings. The molecule has 1 N–H and O–H groups in total. The van der Waals surface area contributed by atoms with Crippen LogP contribution in [0.15, 0.2) is 57.9 Å². The Balaban J connectivity index is 1.92. The first-order chi connectivity index (χ1) is 11.4. The van der Waals surface area contributed by atoms with Crippen molar-refractivity contribution in [2.24, 2.45) is 0 Å². The first-order valence-electron chi connectivity index (χ1n) is 6.79. The summed E-state index contributed by atoms with van der Waals surface area (Å²) in [7, 11) is -2.35. The molecule has 1 heterocycles. The monoisotopic (exact) mass is 425 g/mol. The van der Waals surface area contributed by atoms with Crippen LogP contribution in [0.5, 0.6) is 0 Å². The van der Waals surface area contributed by atoms with E-state index >= 15 is 0 Å². The van der Waals surface area contributed by atoms with Gasteiger partial charge in [0.1, 0.15) is 4.88 Å².